The van der Waals surface area contributed by atoms with Crippen molar-refractivity contribution in [2.75, 3.05) is 18.5 Å². The monoisotopic (exact) mass is 626 g/mol. The van der Waals surface area contributed by atoms with E-state index in [1.165, 1.54) is 17.7 Å². The van der Waals surface area contributed by atoms with Gasteiger partial charge in [-0.15, -0.1) is 11.3 Å². The Kier molecular flexibility index (Phi) is 9.52. The van der Waals surface area contributed by atoms with Crippen LogP contribution in [-0.2, 0) is 22.5 Å². The van der Waals surface area contributed by atoms with Crippen LogP contribution in [0, 0.1) is 5.82 Å². The zero-order chi connectivity index (χ0) is 30.3. The highest BCUT2D eigenvalue weighted by Crippen LogP contribution is 2.39. The summed E-state index contributed by atoms with van der Waals surface area (Å²) in [6.45, 7) is 2.53. The molecule has 1 saturated heterocycles. The number of hydrogen-bond donors (Lipinski definition) is 3. The molecule has 0 aliphatic carbocycles. The van der Waals surface area contributed by atoms with Crippen molar-refractivity contribution >= 4 is 50.5 Å². The van der Waals surface area contributed by atoms with Gasteiger partial charge >= 0.3 is 0 Å². The molecule has 3 aromatic carbocycles. The molecule has 2 aromatic heterocycles. The van der Waals surface area contributed by atoms with E-state index in [1.807, 2.05) is 36.4 Å². The van der Waals surface area contributed by atoms with Crippen molar-refractivity contribution in [3.8, 4) is 21.9 Å². The Bertz CT molecular complexity index is 1760. The summed E-state index contributed by atoms with van der Waals surface area (Å²) < 4.78 is 27.6. The molecule has 1 aliphatic heterocycles. The van der Waals surface area contributed by atoms with Gasteiger partial charge in [0.15, 0.2) is 16.7 Å². The predicted molar refractivity (Wildman–Crippen MR) is 177 cm³/mol. The van der Waals surface area contributed by atoms with Crippen LogP contribution in [0.3, 0.4) is 0 Å². The minimum absolute atomic E-state index is 0.0666. The number of thiocarbonyl (C=S) groups is 1. The number of aromatic nitrogens is 1. The average Bonchev–Trinajstić information content (AvgIpc) is 3.70. The summed E-state index contributed by atoms with van der Waals surface area (Å²) in [5.41, 5.74) is 4.33. The van der Waals surface area contributed by atoms with Crippen molar-refractivity contribution in [2.24, 2.45) is 0 Å². The van der Waals surface area contributed by atoms with E-state index in [1.54, 1.807) is 29.7 Å². The molecule has 7 nitrogen and oxygen atoms in total. The normalized spacial score (nSPS) is 14.4. The van der Waals surface area contributed by atoms with Gasteiger partial charge < -0.3 is 25.4 Å². The molecule has 0 radical (unpaired) electrons. The third-order valence-electron chi connectivity index (χ3n) is 7.21. The fraction of sp³-hybridized carbons (Fsp3) is 0.206. The number of amides is 1. The third-order valence-corrected chi connectivity index (χ3v) is 8.60. The molecule has 10 heteroatoms. The van der Waals surface area contributed by atoms with Crippen LogP contribution in [0.4, 0.5) is 10.1 Å². The number of thiophene rings is 1. The Morgan fingerprint density at radius 1 is 1.02 bits per heavy atom. The first-order valence-corrected chi connectivity index (χ1v) is 15.6. The zero-order valence-corrected chi connectivity index (χ0v) is 25.5. The minimum atomic E-state index is -0.571. The highest BCUT2D eigenvalue weighted by Gasteiger charge is 2.16. The van der Waals surface area contributed by atoms with E-state index >= 15 is 4.39 Å². The molecular weight excluding hydrogens is 596 g/mol. The van der Waals surface area contributed by atoms with Crippen LogP contribution >= 0.6 is 23.6 Å². The molecule has 3 N–H and O–H groups in total. The van der Waals surface area contributed by atoms with Crippen LogP contribution in [0.25, 0.3) is 20.7 Å². The maximum atomic E-state index is 15.1. The Morgan fingerprint density at radius 3 is 2.64 bits per heavy atom. The number of nitrogens with zero attached hydrogens (tertiary/aromatic N) is 1. The van der Waals surface area contributed by atoms with E-state index in [9.17, 15) is 4.79 Å². The number of halogens is 1. The zero-order valence-electron chi connectivity index (χ0n) is 23.8. The number of ether oxygens (including phenoxy) is 2. The number of benzene rings is 3. The number of pyridine rings is 1. The van der Waals surface area contributed by atoms with Gasteiger partial charge in [-0.1, -0.05) is 54.6 Å². The Labute approximate surface area is 264 Å². The smallest absolute Gasteiger partial charge is 0.230 e. The number of rotatable bonds is 10. The second kappa shape index (κ2) is 14.0. The van der Waals surface area contributed by atoms with Crippen LogP contribution in [0.15, 0.2) is 91.1 Å². The molecule has 0 saturated carbocycles. The summed E-state index contributed by atoms with van der Waals surface area (Å²) >= 11 is 6.79. The summed E-state index contributed by atoms with van der Waals surface area (Å²) in [5.74, 6) is -0.246. The Morgan fingerprint density at radius 2 is 1.86 bits per heavy atom. The number of fused-ring (bicyclic) bond motifs is 1. The summed E-state index contributed by atoms with van der Waals surface area (Å²) in [7, 11) is 0. The molecule has 1 fully saturated rings. The molecular formula is C34H31FN4O3S2. The molecule has 0 spiro atoms. The van der Waals surface area contributed by atoms with Gasteiger partial charge in [0.25, 0.3) is 0 Å². The van der Waals surface area contributed by atoms with Gasteiger partial charge in [0.1, 0.15) is 5.75 Å². The van der Waals surface area contributed by atoms with Crippen molar-refractivity contribution in [2.45, 2.75) is 31.9 Å². The van der Waals surface area contributed by atoms with E-state index in [2.05, 4.69) is 45.2 Å². The van der Waals surface area contributed by atoms with E-state index < -0.39 is 5.82 Å². The standard InChI is InChI=1S/C34H31FN4O3S2/c35-27-18-25(38-34(43)39-32(40)17-22-5-2-1-3-6-22)12-13-29(27)42-30-14-15-37-28-19-31(44-33(28)30)24-10-8-23(9-11-24)20-36-21-26-7-4-16-41-26/h1-3,5-6,8-15,18-19,26,36H,4,7,16-17,20-21H2,(H2,38,39,40,43). The number of carbonyl (C=O) groups excluding carboxylic acids is 1. The first-order valence-electron chi connectivity index (χ1n) is 14.4. The summed E-state index contributed by atoms with van der Waals surface area (Å²) in [5, 5.41) is 9.05. The van der Waals surface area contributed by atoms with Crippen LogP contribution in [0.1, 0.15) is 24.0 Å². The van der Waals surface area contributed by atoms with Crippen LogP contribution in [-0.4, -0.2) is 35.3 Å². The Hall–Kier alpha value is -4.22. The summed E-state index contributed by atoms with van der Waals surface area (Å²) in [6, 6.07) is 26.0. The van der Waals surface area contributed by atoms with Crippen LogP contribution in [0.5, 0.6) is 11.5 Å². The maximum Gasteiger partial charge on any atom is 0.230 e. The van der Waals surface area contributed by atoms with Crippen LogP contribution < -0.4 is 20.7 Å². The van der Waals surface area contributed by atoms with Gasteiger partial charge in [0.2, 0.25) is 5.91 Å². The van der Waals surface area contributed by atoms with Crippen molar-refractivity contribution in [1.82, 2.24) is 15.6 Å². The van der Waals surface area contributed by atoms with Gasteiger partial charge in [-0.2, -0.15) is 0 Å². The van der Waals surface area contributed by atoms with Gasteiger partial charge in [0.05, 0.1) is 22.7 Å². The molecule has 1 aliphatic rings. The molecule has 1 amide bonds. The molecule has 1 atom stereocenters. The number of anilines is 1. The first-order chi connectivity index (χ1) is 21.5. The second-order valence-electron chi connectivity index (χ2n) is 10.5. The maximum absolute atomic E-state index is 15.1. The molecule has 3 heterocycles. The fourth-order valence-electron chi connectivity index (χ4n) is 5.00. The lowest BCUT2D eigenvalue weighted by atomic mass is 10.1. The third kappa shape index (κ3) is 7.64. The van der Waals surface area contributed by atoms with Gasteiger partial charge in [-0.3, -0.25) is 9.78 Å². The molecule has 5 aromatic rings. The molecule has 44 heavy (non-hydrogen) atoms. The number of nitrogens with one attached hydrogen (secondary N) is 3. The quantitative estimate of drug-likeness (QED) is 0.141. The largest absolute Gasteiger partial charge is 0.453 e. The SMILES string of the molecule is O=C(Cc1ccccc1)NC(=S)Nc1ccc(Oc2ccnc3cc(-c4ccc(CNCC5CCCO5)cc4)sc23)c(F)c1. The second-order valence-corrected chi connectivity index (χ2v) is 12.0. The summed E-state index contributed by atoms with van der Waals surface area (Å²) in [6.07, 6.45) is 4.43. The molecule has 0 bridgehead atoms. The predicted octanol–water partition coefficient (Wildman–Crippen LogP) is 7.22. The average molecular weight is 627 g/mol. The lowest BCUT2D eigenvalue weighted by molar-refractivity contribution is -0.119. The van der Waals surface area contributed by atoms with Crippen molar-refractivity contribution in [1.29, 1.82) is 0 Å². The van der Waals surface area contributed by atoms with Crippen LogP contribution in [0.2, 0.25) is 0 Å². The van der Waals surface area contributed by atoms with E-state index in [4.69, 9.17) is 21.7 Å². The van der Waals surface area contributed by atoms with Crippen molar-refractivity contribution in [3.63, 3.8) is 0 Å². The van der Waals surface area contributed by atoms with E-state index in [0.29, 0.717) is 17.5 Å². The van der Waals surface area contributed by atoms with Crippen molar-refractivity contribution in [3.05, 3.63) is 108 Å². The van der Waals surface area contributed by atoms with E-state index in [0.717, 1.165) is 58.8 Å². The van der Waals surface area contributed by atoms with Crippen molar-refractivity contribution < 1.29 is 18.7 Å². The fourth-order valence-corrected chi connectivity index (χ4v) is 6.30. The molecule has 1 unspecified atom stereocenters. The van der Waals surface area contributed by atoms with E-state index in [-0.39, 0.29) is 23.2 Å². The highest BCUT2D eigenvalue weighted by atomic mass is 32.1. The summed E-state index contributed by atoms with van der Waals surface area (Å²) in [4.78, 5) is 17.8. The molecule has 224 valence electrons. The van der Waals surface area contributed by atoms with Gasteiger partial charge in [-0.05, 0) is 59.9 Å². The highest BCUT2D eigenvalue weighted by molar-refractivity contribution is 7.80. The topological polar surface area (TPSA) is 84.5 Å². The lowest BCUT2D eigenvalue weighted by Crippen LogP contribution is -2.35. The molecule has 6 rings (SSSR count). The van der Waals surface area contributed by atoms with Gasteiger partial charge in [-0.25, -0.2) is 4.39 Å². The lowest BCUT2D eigenvalue weighted by Gasteiger charge is -2.12. The first kappa shape index (κ1) is 29.8. The van der Waals surface area contributed by atoms with Gasteiger partial charge in [0, 0.05) is 48.6 Å². The number of hydrogen-bond acceptors (Lipinski definition) is 7. The Balaban J connectivity index is 1.07. The minimum Gasteiger partial charge on any atom is -0.453 e. The number of carbonyl (C=O) groups is 1.